The molecule has 0 aromatic heterocycles. The molecule has 128 valence electrons. The number of imide groups is 1. The van der Waals surface area contributed by atoms with Crippen molar-refractivity contribution in [3.8, 4) is 5.75 Å². The second-order valence-corrected chi connectivity index (χ2v) is 8.11. The highest BCUT2D eigenvalue weighted by molar-refractivity contribution is 14.1. The SMILES string of the molecule is CCOc1c(Br)cc(/C=C2\SC(=O)N(c3ccccc3)C2=O)cc1I. The maximum absolute atomic E-state index is 12.6. The van der Waals surface area contributed by atoms with Gasteiger partial charge in [-0.2, -0.15) is 0 Å². The van der Waals surface area contributed by atoms with Crippen molar-refractivity contribution in [1.29, 1.82) is 0 Å². The van der Waals surface area contributed by atoms with Gasteiger partial charge in [0, 0.05) is 0 Å². The second kappa shape index (κ2) is 7.92. The largest absolute Gasteiger partial charge is 0.492 e. The molecule has 0 N–H and O–H groups in total. The quantitative estimate of drug-likeness (QED) is 0.377. The van der Waals surface area contributed by atoms with Crippen LogP contribution in [0.3, 0.4) is 0 Å². The molecule has 3 rings (SSSR count). The normalized spacial score (nSPS) is 16.0. The molecular weight excluding hydrogens is 517 g/mol. The maximum atomic E-state index is 12.6. The van der Waals surface area contributed by atoms with E-state index in [4.69, 9.17) is 4.74 Å². The van der Waals surface area contributed by atoms with E-state index in [0.29, 0.717) is 17.2 Å². The van der Waals surface area contributed by atoms with Gasteiger partial charge in [-0.3, -0.25) is 9.59 Å². The third kappa shape index (κ3) is 3.93. The van der Waals surface area contributed by atoms with Crippen LogP contribution in [-0.4, -0.2) is 17.8 Å². The number of para-hydroxylation sites is 1. The van der Waals surface area contributed by atoms with Gasteiger partial charge >= 0.3 is 0 Å². The number of ether oxygens (including phenoxy) is 1. The van der Waals surface area contributed by atoms with Crippen LogP contribution in [-0.2, 0) is 4.79 Å². The van der Waals surface area contributed by atoms with Crippen molar-refractivity contribution < 1.29 is 14.3 Å². The number of benzene rings is 2. The number of amides is 2. The third-order valence-electron chi connectivity index (χ3n) is 3.42. The Balaban J connectivity index is 1.93. The lowest BCUT2D eigenvalue weighted by Gasteiger charge is -2.11. The van der Waals surface area contributed by atoms with Crippen LogP contribution in [0.1, 0.15) is 12.5 Å². The molecule has 2 aromatic rings. The molecule has 1 aliphatic heterocycles. The highest BCUT2D eigenvalue weighted by atomic mass is 127. The summed E-state index contributed by atoms with van der Waals surface area (Å²) in [5.74, 6) is 0.471. The third-order valence-corrected chi connectivity index (χ3v) is 5.68. The number of carbonyl (C=O) groups excluding carboxylic acids is 2. The van der Waals surface area contributed by atoms with Crippen LogP contribution >= 0.6 is 50.3 Å². The fourth-order valence-corrected chi connectivity index (χ4v) is 4.97. The van der Waals surface area contributed by atoms with Crippen molar-refractivity contribution >= 4 is 73.2 Å². The molecule has 4 nitrogen and oxygen atoms in total. The predicted molar refractivity (Wildman–Crippen MR) is 113 cm³/mol. The van der Waals surface area contributed by atoms with Gasteiger partial charge in [0.05, 0.1) is 25.2 Å². The Morgan fingerprint density at radius 2 is 1.96 bits per heavy atom. The average molecular weight is 530 g/mol. The molecule has 0 unspecified atom stereocenters. The van der Waals surface area contributed by atoms with Crippen molar-refractivity contribution in [2.24, 2.45) is 0 Å². The first-order valence-corrected chi connectivity index (χ1v) is 10.1. The van der Waals surface area contributed by atoms with E-state index in [0.717, 1.165) is 31.1 Å². The Hall–Kier alpha value is -1.32. The van der Waals surface area contributed by atoms with Crippen molar-refractivity contribution in [1.82, 2.24) is 0 Å². The van der Waals surface area contributed by atoms with Crippen LogP contribution in [0.25, 0.3) is 6.08 Å². The van der Waals surface area contributed by atoms with Gasteiger partial charge in [0.1, 0.15) is 5.75 Å². The molecule has 1 fully saturated rings. The Labute approximate surface area is 171 Å². The smallest absolute Gasteiger partial charge is 0.298 e. The van der Waals surface area contributed by atoms with Crippen molar-refractivity contribution in [3.05, 3.63) is 61.0 Å². The van der Waals surface area contributed by atoms with Crippen LogP contribution in [0.2, 0.25) is 0 Å². The number of thioether (sulfide) groups is 1. The van der Waals surface area contributed by atoms with Crippen LogP contribution in [0.15, 0.2) is 51.8 Å². The number of halogens is 2. The van der Waals surface area contributed by atoms with Gasteiger partial charge in [-0.1, -0.05) is 18.2 Å². The first kappa shape index (κ1) is 18.5. The minimum atomic E-state index is -0.304. The van der Waals surface area contributed by atoms with Crippen molar-refractivity contribution in [3.63, 3.8) is 0 Å². The molecule has 7 heteroatoms. The zero-order chi connectivity index (χ0) is 18.0. The summed E-state index contributed by atoms with van der Waals surface area (Å²) in [5.41, 5.74) is 1.41. The number of hydrogen-bond acceptors (Lipinski definition) is 4. The van der Waals surface area contributed by atoms with Crippen molar-refractivity contribution in [2.75, 3.05) is 11.5 Å². The molecule has 1 heterocycles. The molecule has 0 aliphatic carbocycles. The topological polar surface area (TPSA) is 46.6 Å². The molecule has 0 atom stereocenters. The lowest BCUT2D eigenvalue weighted by molar-refractivity contribution is -0.113. The summed E-state index contributed by atoms with van der Waals surface area (Å²) in [4.78, 5) is 26.5. The van der Waals surface area contributed by atoms with Crippen LogP contribution in [0.5, 0.6) is 5.75 Å². The zero-order valence-electron chi connectivity index (χ0n) is 13.2. The fraction of sp³-hybridized carbons (Fsp3) is 0.111. The summed E-state index contributed by atoms with van der Waals surface area (Å²) in [6.07, 6.45) is 1.73. The summed E-state index contributed by atoms with van der Waals surface area (Å²) in [7, 11) is 0. The molecular formula is C18H13BrINO3S. The second-order valence-electron chi connectivity index (χ2n) is 5.10. The molecule has 0 radical (unpaired) electrons. The Morgan fingerprint density at radius 1 is 1.24 bits per heavy atom. The predicted octanol–water partition coefficient (Wildman–Crippen LogP) is 5.69. The summed E-state index contributed by atoms with van der Waals surface area (Å²) >= 11 is 6.63. The van der Waals surface area contributed by atoms with Gasteiger partial charge in [-0.25, -0.2) is 4.90 Å². The number of nitrogens with zero attached hydrogens (tertiary/aromatic N) is 1. The summed E-state index contributed by atoms with van der Waals surface area (Å²) < 4.78 is 7.34. The minimum absolute atomic E-state index is 0.290. The molecule has 25 heavy (non-hydrogen) atoms. The van der Waals surface area contributed by atoms with Crippen molar-refractivity contribution in [2.45, 2.75) is 6.92 Å². The van der Waals surface area contributed by atoms with E-state index in [1.165, 1.54) is 4.90 Å². The minimum Gasteiger partial charge on any atom is -0.492 e. The lowest BCUT2D eigenvalue weighted by Crippen LogP contribution is -2.27. The number of anilines is 1. The molecule has 0 spiro atoms. The van der Waals surface area contributed by atoms with E-state index in [-0.39, 0.29) is 11.1 Å². The fourth-order valence-electron chi connectivity index (χ4n) is 2.36. The van der Waals surface area contributed by atoms with Crippen LogP contribution in [0, 0.1) is 3.57 Å². The highest BCUT2D eigenvalue weighted by Crippen LogP contribution is 2.37. The molecule has 2 aromatic carbocycles. The van der Waals surface area contributed by atoms with E-state index >= 15 is 0 Å². The first-order chi connectivity index (χ1) is 12.0. The summed E-state index contributed by atoms with van der Waals surface area (Å²) in [6.45, 7) is 2.50. The van der Waals surface area contributed by atoms with Crippen LogP contribution < -0.4 is 9.64 Å². The van der Waals surface area contributed by atoms with E-state index < -0.39 is 0 Å². The van der Waals surface area contributed by atoms with Gasteiger partial charge < -0.3 is 4.74 Å². The number of rotatable bonds is 4. The summed E-state index contributed by atoms with van der Waals surface area (Å²) in [5, 5.41) is -0.290. The van der Waals surface area contributed by atoms with E-state index in [9.17, 15) is 9.59 Å². The highest BCUT2D eigenvalue weighted by Gasteiger charge is 2.36. The molecule has 2 amide bonds. The lowest BCUT2D eigenvalue weighted by atomic mass is 10.2. The molecule has 0 bridgehead atoms. The average Bonchev–Trinajstić information content (AvgIpc) is 2.85. The monoisotopic (exact) mass is 529 g/mol. The summed E-state index contributed by atoms with van der Waals surface area (Å²) in [6, 6.07) is 12.7. The van der Waals surface area contributed by atoms with E-state index in [1.54, 1.807) is 30.3 Å². The standard InChI is InChI=1S/C18H13BrINO3S/c1-2-24-16-13(19)8-11(9-14(16)20)10-15-17(22)21(18(23)25-15)12-6-4-3-5-7-12/h3-10H,2H2,1H3/b15-10-. The van der Waals surface area contributed by atoms with E-state index in [1.807, 2.05) is 25.1 Å². The molecule has 0 saturated carbocycles. The number of carbonyl (C=O) groups is 2. The van der Waals surface area contributed by atoms with E-state index in [2.05, 4.69) is 38.5 Å². The van der Waals surface area contributed by atoms with Gasteiger partial charge in [0.2, 0.25) is 0 Å². The van der Waals surface area contributed by atoms with Gasteiger partial charge in [0.25, 0.3) is 11.1 Å². The van der Waals surface area contributed by atoms with Gasteiger partial charge in [-0.15, -0.1) is 0 Å². The number of hydrogen-bond donors (Lipinski definition) is 0. The van der Waals surface area contributed by atoms with Crippen LogP contribution in [0.4, 0.5) is 10.5 Å². The zero-order valence-corrected chi connectivity index (χ0v) is 17.7. The Kier molecular flexibility index (Phi) is 5.85. The molecule has 1 saturated heterocycles. The van der Waals surface area contributed by atoms with Gasteiger partial charge in [0.15, 0.2) is 0 Å². The maximum Gasteiger partial charge on any atom is 0.298 e. The first-order valence-electron chi connectivity index (χ1n) is 7.46. The molecule has 1 aliphatic rings. The van der Waals surface area contributed by atoms with Gasteiger partial charge in [-0.05, 0) is 93.1 Å². The Morgan fingerprint density at radius 3 is 2.60 bits per heavy atom. The Bertz CT molecular complexity index is 847.